The first kappa shape index (κ1) is 21.0. The third-order valence-corrected chi connectivity index (χ3v) is 5.81. The predicted molar refractivity (Wildman–Crippen MR) is 106 cm³/mol. The summed E-state index contributed by atoms with van der Waals surface area (Å²) in [6, 6.07) is 0. The van der Waals surface area contributed by atoms with Gasteiger partial charge < -0.3 is 20.3 Å². The summed E-state index contributed by atoms with van der Waals surface area (Å²) in [4.78, 5) is 18.0. The molecule has 0 aromatic rings. The van der Waals surface area contributed by atoms with Crippen LogP contribution in [-0.2, 0) is 9.53 Å². The third kappa shape index (κ3) is 6.78. The zero-order chi connectivity index (χ0) is 19.0. The SMILES string of the molecule is CN(C)C(=O)CN=C(NCC1CCCO1)NCC(C)(C)C1CCCCC1. The number of hydrogen-bond acceptors (Lipinski definition) is 3. The maximum absolute atomic E-state index is 11.9. The molecule has 0 bridgehead atoms. The zero-order valence-electron chi connectivity index (χ0n) is 17.1. The largest absolute Gasteiger partial charge is 0.376 e. The Kier molecular flexibility index (Phi) is 8.19. The van der Waals surface area contributed by atoms with Crippen LogP contribution in [0.3, 0.4) is 0 Å². The lowest BCUT2D eigenvalue weighted by Crippen LogP contribution is -2.46. The van der Waals surface area contributed by atoms with Gasteiger partial charge >= 0.3 is 0 Å². The van der Waals surface area contributed by atoms with Gasteiger partial charge in [0, 0.05) is 33.8 Å². The van der Waals surface area contributed by atoms with Crippen molar-refractivity contribution in [2.45, 2.75) is 64.9 Å². The standard InChI is InChI=1S/C20H38N4O2/c1-20(2,16-9-6-5-7-10-16)15-23-19(22-14-18(25)24(3)4)21-13-17-11-8-12-26-17/h16-17H,5-15H2,1-4H3,(H2,21,22,23). The van der Waals surface area contributed by atoms with Crippen molar-refractivity contribution in [1.29, 1.82) is 0 Å². The molecule has 26 heavy (non-hydrogen) atoms. The number of carbonyl (C=O) groups excluding carboxylic acids is 1. The Morgan fingerprint density at radius 1 is 1.12 bits per heavy atom. The minimum absolute atomic E-state index is 0.00903. The van der Waals surface area contributed by atoms with E-state index < -0.39 is 0 Å². The van der Waals surface area contributed by atoms with E-state index in [0.29, 0.717) is 0 Å². The molecule has 2 rings (SSSR count). The maximum Gasteiger partial charge on any atom is 0.243 e. The first-order chi connectivity index (χ1) is 12.4. The highest BCUT2D eigenvalue weighted by molar-refractivity contribution is 5.84. The minimum Gasteiger partial charge on any atom is -0.376 e. The van der Waals surface area contributed by atoms with Crippen molar-refractivity contribution < 1.29 is 9.53 Å². The molecule has 1 aliphatic carbocycles. The monoisotopic (exact) mass is 366 g/mol. The Morgan fingerprint density at radius 2 is 1.85 bits per heavy atom. The molecule has 150 valence electrons. The van der Waals surface area contributed by atoms with E-state index in [1.807, 2.05) is 0 Å². The number of hydrogen-bond donors (Lipinski definition) is 2. The van der Waals surface area contributed by atoms with E-state index in [-0.39, 0.29) is 24.0 Å². The smallest absolute Gasteiger partial charge is 0.243 e. The number of guanidine groups is 1. The van der Waals surface area contributed by atoms with E-state index in [9.17, 15) is 4.79 Å². The van der Waals surface area contributed by atoms with Crippen LogP contribution in [-0.4, -0.2) is 63.2 Å². The second kappa shape index (κ2) is 10.1. The molecule has 2 aliphatic rings. The van der Waals surface area contributed by atoms with Gasteiger partial charge in [-0.1, -0.05) is 33.1 Å². The third-order valence-electron chi connectivity index (χ3n) is 5.81. The number of nitrogens with one attached hydrogen (secondary N) is 2. The lowest BCUT2D eigenvalue weighted by Gasteiger charge is -2.37. The number of likely N-dealkylation sites (N-methyl/N-ethyl adjacent to an activating group) is 1. The number of carbonyl (C=O) groups is 1. The van der Waals surface area contributed by atoms with Crippen LogP contribution in [0.25, 0.3) is 0 Å². The summed E-state index contributed by atoms with van der Waals surface area (Å²) in [5, 5.41) is 6.86. The van der Waals surface area contributed by atoms with Gasteiger partial charge in [0.25, 0.3) is 0 Å². The molecule has 0 spiro atoms. The van der Waals surface area contributed by atoms with Gasteiger partial charge in [0.15, 0.2) is 5.96 Å². The topological polar surface area (TPSA) is 66.0 Å². The van der Waals surface area contributed by atoms with Crippen molar-refractivity contribution in [2.24, 2.45) is 16.3 Å². The van der Waals surface area contributed by atoms with Crippen LogP contribution in [0.1, 0.15) is 58.8 Å². The van der Waals surface area contributed by atoms with Gasteiger partial charge in [-0.3, -0.25) is 4.79 Å². The van der Waals surface area contributed by atoms with E-state index in [4.69, 9.17) is 4.74 Å². The highest BCUT2D eigenvalue weighted by Gasteiger charge is 2.30. The van der Waals surface area contributed by atoms with Crippen molar-refractivity contribution in [3.63, 3.8) is 0 Å². The van der Waals surface area contributed by atoms with E-state index in [2.05, 4.69) is 29.5 Å². The van der Waals surface area contributed by atoms with Crippen LogP contribution in [0, 0.1) is 11.3 Å². The number of ether oxygens (including phenoxy) is 1. The first-order valence-corrected chi connectivity index (χ1v) is 10.2. The quantitative estimate of drug-likeness (QED) is 0.536. The summed E-state index contributed by atoms with van der Waals surface area (Å²) in [6.07, 6.45) is 9.19. The summed E-state index contributed by atoms with van der Waals surface area (Å²) < 4.78 is 5.69. The lowest BCUT2D eigenvalue weighted by molar-refractivity contribution is -0.127. The average molecular weight is 367 g/mol. The lowest BCUT2D eigenvalue weighted by atomic mass is 9.71. The Morgan fingerprint density at radius 3 is 2.46 bits per heavy atom. The molecule has 0 aromatic carbocycles. The highest BCUT2D eigenvalue weighted by Crippen LogP contribution is 2.37. The molecule has 2 N–H and O–H groups in total. The van der Waals surface area contributed by atoms with Gasteiger partial charge in [0.1, 0.15) is 6.54 Å². The van der Waals surface area contributed by atoms with Crippen LogP contribution >= 0.6 is 0 Å². The van der Waals surface area contributed by atoms with Gasteiger partial charge in [0.2, 0.25) is 5.91 Å². The summed E-state index contributed by atoms with van der Waals surface area (Å²) >= 11 is 0. The Bertz CT molecular complexity index is 464. The van der Waals surface area contributed by atoms with Gasteiger partial charge in [-0.2, -0.15) is 0 Å². The number of amides is 1. The molecule has 0 aromatic heterocycles. The second-order valence-electron chi connectivity index (χ2n) is 8.65. The highest BCUT2D eigenvalue weighted by atomic mass is 16.5. The van der Waals surface area contributed by atoms with Crippen molar-refractivity contribution >= 4 is 11.9 Å². The van der Waals surface area contributed by atoms with Crippen LogP contribution in [0.15, 0.2) is 4.99 Å². The fraction of sp³-hybridized carbons (Fsp3) is 0.900. The molecule has 1 amide bonds. The molecule has 1 heterocycles. The summed E-state index contributed by atoms with van der Waals surface area (Å²) in [5.74, 6) is 1.49. The van der Waals surface area contributed by atoms with Crippen molar-refractivity contribution in [3.8, 4) is 0 Å². The Balaban J connectivity index is 1.90. The number of nitrogens with zero attached hydrogens (tertiary/aromatic N) is 2. The average Bonchev–Trinajstić information content (AvgIpc) is 3.15. The van der Waals surface area contributed by atoms with Gasteiger partial charge in [-0.15, -0.1) is 0 Å². The Labute approximate surface area is 159 Å². The summed E-state index contributed by atoms with van der Waals surface area (Å²) in [7, 11) is 3.52. The molecule has 6 nitrogen and oxygen atoms in total. The van der Waals surface area contributed by atoms with E-state index in [0.717, 1.165) is 44.4 Å². The van der Waals surface area contributed by atoms with Crippen LogP contribution < -0.4 is 10.6 Å². The van der Waals surface area contributed by atoms with Crippen LogP contribution in [0.5, 0.6) is 0 Å². The normalized spacial score (nSPS) is 22.3. The van der Waals surface area contributed by atoms with Crippen molar-refractivity contribution in [3.05, 3.63) is 0 Å². The molecule has 1 unspecified atom stereocenters. The Hall–Kier alpha value is -1.30. The van der Waals surface area contributed by atoms with Gasteiger partial charge in [0.05, 0.1) is 6.10 Å². The molecule has 1 saturated carbocycles. The maximum atomic E-state index is 11.9. The number of aliphatic imine (C=N–C) groups is 1. The molecule has 0 radical (unpaired) electrons. The molecule has 6 heteroatoms. The predicted octanol–water partition coefficient (Wildman–Crippen LogP) is 2.40. The first-order valence-electron chi connectivity index (χ1n) is 10.2. The van der Waals surface area contributed by atoms with Crippen molar-refractivity contribution in [1.82, 2.24) is 15.5 Å². The summed E-state index contributed by atoms with van der Waals surface area (Å²) in [6.45, 7) is 7.31. The van der Waals surface area contributed by atoms with E-state index in [1.54, 1.807) is 19.0 Å². The van der Waals surface area contributed by atoms with E-state index in [1.165, 1.54) is 32.1 Å². The fourth-order valence-electron chi connectivity index (χ4n) is 3.82. The van der Waals surface area contributed by atoms with Gasteiger partial charge in [-0.25, -0.2) is 4.99 Å². The molecular formula is C20H38N4O2. The molecular weight excluding hydrogens is 328 g/mol. The van der Waals surface area contributed by atoms with Crippen LogP contribution in [0.4, 0.5) is 0 Å². The molecule has 1 atom stereocenters. The molecule has 1 aliphatic heterocycles. The zero-order valence-corrected chi connectivity index (χ0v) is 17.1. The fourth-order valence-corrected chi connectivity index (χ4v) is 3.82. The second-order valence-corrected chi connectivity index (χ2v) is 8.65. The van der Waals surface area contributed by atoms with E-state index >= 15 is 0 Å². The van der Waals surface area contributed by atoms with Crippen molar-refractivity contribution in [2.75, 3.05) is 40.3 Å². The summed E-state index contributed by atoms with van der Waals surface area (Å²) in [5.41, 5.74) is 0.221. The number of rotatable bonds is 7. The molecule has 1 saturated heterocycles. The van der Waals surface area contributed by atoms with Crippen LogP contribution in [0.2, 0.25) is 0 Å². The minimum atomic E-state index is 0.00903. The van der Waals surface area contributed by atoms with Gasteiger partial charge in [-0.05, 0) is 37.0 Å². The molecule has 2 fully saturated rings.